The van der Waals surface area contributed by atoms with Crippen molar-refractivity contribution in [3.63, 3.8) is 0 Å². The molecule has 2 rings (SSSR count). The van der Waals surface area contributed by atoms with E-state index in [-0.39, 0.29) is 5.91 Å². The molecule has 0 bridgehead atoms. The average molecular weight is 281 g/mol. The molecule has 1 N–H and O–H groups in total. The van der Waals surface area contributed by atoms with E-state index in [1.54, 1.807) is 30.3 Å². The summed E-state index contributed by atoms with van der Waals surface area (Å²) >= 11 is 11.5. The van der Waals surface area contributed by atoms with Crippen LogP contribution in [-0.2, 0) is 5.88 Å². The van der Waals surface area contributed by atoms with E-state index < -0.39 is 0 Å². The monoisotopic (exact) mass is 280 g/mol. The van der Waals surface area contributed by atoms with E-state index in [1.165, 1.54) is 6.20 Å². The van der Waals surface area contributed by atoms with E-state index in [1.807, 2.05) is 6.07 Å². The number of pyridine rings is 1. The molecule has 0 saturated heterocycles. The summed E-state index contributed by atoms with van der Waals surface area (Å²) in [6.07, 6.45) is 1.53. The highest BCUT2D eigenvalue weighted by Crippen LogP contribution is 2.14. The van der Waals surface area contributed by atoms with Crippen LogP contribution in [0.4, 0.5) is 5.69 Å². The molecule has 0 aliphatic rings. The molecule has 0 aliphatic carbocycles. The number of alkyl halides is 1. The number of anilines is 1. The lowest BCUT2D eigenvalue weighted by Gasteiger charge is -2.06. The van der Waals surface area contributed by atoms with Gasteiger partial charge in [-0.15, -0.1) is 11.6 Å². The predicted molar refractivity (Wildman–Crippen MR) is 73.2 cm³/mol. The summed E-state index contributed by atoms with van der Waals surface area (Å²) in [5.41, 5.74) is 2.06. The van der Waals surface area contributed by atoms with Crippen LogP contribution in [0.5, 0.6) is 0 Å². The predicted octanol–water partition coefficient (Wildman–Crippen LogP) is 3.73. The second-order valence-corrected chi connectivity index (χ2v) is 4.31. The Labute approximate surface area is 115 Å². The largest absolute Gasteiger partial charge is 0.322 e. The topological polar surface area (TPSA) is 42.0 Å². The van der Waals surface area contributed by atoms with Crippen molar-refractivity contribution in [1.29, 1.82) is 0 Å². The minimum absolute atomic E-state index is 0.204. The Morgan fingerprint density at radius 2 is 2.11 bits per heavy atom. The minimum atomic E-state index is -0.204. The molecular formula is C13H10Cl2N2O. The molecule has 0 unspecified atom stereocenters. The number of amides is 1. The molecular weight excluding hydrogens is 271 g/mol. The van der Waals surface area contributed by atoms with E-state index in [9.17, 15) is 4.79 Å². The molecule has 1 aromatic heterocycles. The average Bonchev–Trinajstić information content (AvgIpc) is 2.39. The van der Waals surface area contributed by atoms with Crippen molar-refractivity contribution in [3.8, 4) is 0 Å². The molecule has 0 aliphatic heterocycles. The summed E-state index contributed by atoms with van der Waals surface area (Å²) in [7, 11) is 0. The number of carbonyl (C=O) groups excluding carboxylic acids is 1. The molecule has 1 aromatic carbocycles. The lowest BCUT2D eigenvalue weighted by molar-refractivity contribution is 0.102. The smallest absolute Gasteiger partial charge is 0.255 e. The Hall–Kier alpha value is -1.58. The van der Waals surface area contributed by atoms with Crippen LogP contribution in [0.3, 0.4) is 0 Å². The van der Waals surface area contributed by atoms with Crippen LogP contribution < -0.4 is 5.32 Å². The SMILES string of the molecule is O=C(Nc1ccnc(Cl)c1)c1cccc(CCl)c1. The van der Waals surface area contributed by atoms with E-state index >= 15 is 0 Å². The minimum Gasteiger partial charge on any atom is -0.322 e. The fourth-order valence-corrected chi connectivity index (χ4v) is 1.82. The van der Waals surface area contributed by atoms with Crippen molar-refractivity contribution in [2.24, 2.45) is 0 Å². The highest BCUT2D eigenvalue weighted by atomic mass is 35.5. The molecule has 5 heteroatoms. The van der Waals surface area contributed by atoms with E-state index in [4.69, 9.17) is 23.2 Å². The zero-order valence-corrected chi connectivity index (χ0v) is 10.9. The normalized spacial score (nSPS) is 10.1. The summed E-state index contributed by atoms with van der Waals surface area (Å²) in [6.45, 7) is 0. The third kappa shape index (κ3) is 3.22. The van der Waals surface area contributed by atoms with Gasteiger partial charge in [-0.2, -0.15) is 0 Å². The zero-order valence-electron chi connectivity index (χ0n) is 9.36. The first-order chi connectivity index (χ1) is 8.69. The lowest BCUT2D eigenvalue weighted by Crippen LogP contribution is -2.12. The number of carbonyl (C=O) groups is 1. The van der Waals surface area contributed by atoms with Crippen molar-refractivity contribution >= 4 is 34.8 Å². The lowest BCUT2D eigenvalue weighted by atomic mass is 10.1. The fraction of sp³-hybridized carbons (Fsp3) is 0.0769. The number of nitrogens with one attached hydrogen (secondary N) is 1. The maximum absolute atomic E-state index is 12.0. The Balaban J connectivity index is 2.16. The van der Waals surface area contributed by atoms with Crippen molar-refractivity contribution in [1.82, 2.24) is 4.98 Å². The Bertz CT molecular complexity index is 572. The third-order valence-electron chi connectivity index (χ3n) is 2.33. The number of aromatic nitrogens is 1. The second-order valence-electron chi connectivity index (χ2n) is 3.66. The highest BCUT2D eigenvalue weighted by Gasteiger charge is 2.06. The van der Waals surface area contributed by atoms with Crippen LogP contribution in [0.25, 0.3) is 0 Å². The van der Waals surface area contributed by atoms with Crippen molar-refractivity contribution in [3.05, 3.63) is 58.9 Å². The molecule has 0 atom stereocenters. The molecule has 92 valence electrons. The second kappa shape index (κ2) is 5.85. The van der Waals surface area contributed by atoms with Gasteiger partial charge >= 0.3 is 0 Å². The number of halogens is 2. The Morgan fingerprint density at radius 1 is 1.28 bits per heavy atom. The van der Waals surface area contributed by atoms with Gasteiger partial charge in [-0.3, -0.25) is 4.79 Å². The summed E-state index contributed by atoms with van der Waals surface area (Å²) in [4.78, 5) is 15.8. The molecule has 0 saturated carbocycles. The van der Waals surface area contributed by atoms with Gasteiger partial charge in [0, 0.05) is 23.3 Å². The van der Waals surface area contributed by atoms with Gasteiger partial charge in [0.1, 0.15) is 5.15 Å². The van der Waals surface area contributed by atoms with Crippen molar-refractivity contribution in [2.45, 2.75) is 5.88 Å². The van der Waals surface area contributed by atoms with Crippen LogP contribution in [0.15, 0.2) is 42.6 Å². The summed E-state index contributed by atoms with van der Waals surface area (Å²) in [6, 6.07) is 10.4. The summed E-state index contributed by atoms with van der Waals surface area (Å²) < 4.78 is 0. The molecule has 1 heterocycles. The number of hydrogen-bond donors (Lipinski definition) is 1. The van der Waals surface area contributed by atoms with Gasteiger partial charge in [0.05, 0.1) is 0 Å². The molecule has 2 aromatic rings. The number of rotatable bonds is 3. The molecule has 0 radical (unpaired) electrons. The Kier molecular flexibility index (Phi) is 4.18. The highest BCUT2D eigenvalue weighted by molar-refractivity contribution is 6.29. The molecule has 0 fully saturated rings. The van der Waals surface area contributed by atoms with Crippen LogP contribution in [0.2, 0.25) is 5.15 Å². The molecule has 18 heavy (non-hydrogen) atoms. The molecule has 3 nitrogen and oxygen atoms in total. The first-order valence-corrected chi connectivity index (χ1v) is 6.18. The number of benzene rings is 1. The van der Waals surface area contributed by atoms with Crippen molar-refractivity contribution < 1.29 is 4.79 Å². The zero-order chi connectivity index (χ0) is 13.0. The Morgan fingerprint density at radius 3 is 2.83 bits per heavy atom. The van der Waals surface area contributed by atoms with Crippen molar-refractivity contribution in [2.75, 3.05) is 5.32 Å². The maximum Gasteiger partial charge on any atom is 0.255 e. The number of nitrogens with zero attached hydrogens (tertiary/aromatic N) is 1. The van der Waals surface area contributed by atoms with Gasteiger partial charge in [0.15, 0.2) is 0 Å². The van der Waals surface area contributed by atoms with Gasteiger partial charge in [-0.25, -0.2) is 4.98 Å². The van der Waals surface area contributed by atoms with Gasteiger partial charge in [0.2, 0.25) is 0 Å². The van der Waals surface area contributed by atoms with E-state index in [0.29, 0.717) is 22.3 Å². The fourth-order valence-electron chi connectivity index (χ4n) is 1.48. The molecule has 1 amide bonds. The summed E-state index contributed by atoms with van der Waals surface area (Å²) in [5.74, 6) is 0.173. The van der Waals surface area contributed by atoms with Gasteiger partial charge in [0.25, 0.3) is 5.91 Å². The van der Waals surface area contributed by atoms with Crippen LogP contribution >= 0.6 is 23.2 Å². The van der Waals surface area contributed by atoms with Crippen LogP contribution in [-0.4, -0.2) is 10.9 Å². The first-order valence-electron chi connectivity index (χ1n) is 5.27. The summed E-state index contributed by atoms with van der Waals surface area (Å²) in [5, 5.41) is 3.08. The van der Waals surface area contributed by atoms with E-state index in [2.05, 4.69) is 10.3 Å². The quantitative estimate of drug-likeness (QED) is 0.688. The van der Waals surface area contributed by atoms with Gasteiger partial charge in [-0.1, -0.05) is 23.7 Å². The number of hydrogen-bond acceptors (Lipinski definition) is 2. The van der Waals surface area contributed by atoms with Gasteiger partial charge < -0.3 is 5.32 Å². The first kappa shape index (κ1) is 12.9. The van der Waals surface area contributed by atoms with Crippen LogP contribution in [0, 0.1) is 0 Å². The van der Waals surface area contributed by atoms with E-state index in [0.717, 1.165) is 5.56 Å². The van der Waals surface area contributed by atoms with Gasteiger partial charge in [-0.05, 0) is 29.8 Å². The maximum atomic E-state index is 12.0. The standard InChI is InChI=1S/C13H10Cl2N2O/c14-8-9-2-1-3-10(6-9)13(18)17-11-4-5-16-12(15)7-11/h1-7H,8H2,(H,16,17,18). The van der Waals surface area contributed by atoms with Crippen LogP contribution in [0.1, 0.15) is 15.9 Å². The molecule has 0 spiro atoms. The third-order valence-corrected chi connectivity index (χ3v) is 2.84.